The molecule has 0 radical (unpaired) electrons. The van der Waals surface area contributed by atoms with Crippen LogP contribution in [0.2, 0.25) is 0 Å². The van der Waals surface area contributed by atoms with E-state index in [0.717, 1.165) is 16.4 Å². The number of benzene rings is 2. The van der Waals surface area contributed by atoms with Gasteiger partial charge in [0.2, 0.25) is 10.0 Å². The van der Waals surface area contributed by atoms with Crippen LogP contribution in [-0.2, 0) is 16.2 Å². The monoisotopic (exact) mass is 431 g/mol. The zero-order valence-electron chi connectivity index (χ0n) is 15.2. The largest absolute Gasteiger partial charge is 0.423 e. The van der Waals surface area contributed by atoms with Gasteiger partial charge in [0, 0.05) is 31.4 Å². The molecule has 0 heterocycles. The lowest BCUT2D eigenvalue weighted by Crippen LogP contribution is -2.22. The summed E-state index contributed by atoms with van der Waals surface area (Å²) in [5.41, 5.74) is -2.65. The summed E-state index contributed by atoms with van der Waals surface area (Å²) in [7, 11) is -1.10. The van der Waals surface area contributed by atoms with Crippen LogP contribution in [0.4, 0.5) is 24.5 Å². The molecule has 0 atom stereocenters. The highest BCUT2D eigenvalue weighted by Gasteiger charge is 2.38. The molecule has 0 saturated heterocycles. The summed E-state index contributed by atoms with van der Waals surface area (Å²) in [6.45, 7) is -0.444. The number of hydrogen-bond donors (Lipinski definition) is 1. The van der Waals surface area contributed by atoms with Gasteiger partial charge in [0.25, 0.3) is 5.69 Å². The van der Waals surface area contributed by atoms with E-state index in [-0.39, 0.29) is 16.1 Å². The van der Waals surface area contributed by atoms with E-state index in [1.165, 1.54) is 32.3 Å². The van der Waals surface area contributed by atoms with Crippen molar-refractivity contribution in [2.24, 2.45) is 0 Å². The summed E-state index contributed by atoms with van der Waals surface area (Å²) in [5, 5.41) is 13.2. The zero-order chi connectivity index (χ0) is 22.0. The molecule has 0 amide bonds. The van der Waals surface area contributed by atoms with Crippen molar-refractivity contribution in [2.75, 3.05) is 26.0 Å². The summed E-state index contributed by atoms with van der Waals surface area (Å²) in [4.78, 5) is 21.8. The fourth-order valence-electron chi connectivity index (χ4n) is 2.36. The van der Waals surface area contributed by atoms with Crippen molar-refractivity contribution in [3.8, 4) is 0 Å². The third kappa shape index (κ3) is 5.09. The normalized spacial score (nSPS) is 12.1. The number of nitrogens with one attached hydrogen (secondary N) is 1. The molecule has 8 nitrogen and oxygen atoms in total. The van der Waals surface area contributed by atoms with E-state index in [2.05, 4.69) is 5.32 Å². The first-order chi connectivity index (χ1) is 13.3. The molecule has 0 bridgehead atoms. The molecule has 2 aromatic rings. The van der Waals surface area contributed by atoms with Crippen LogP contribution in [0.15, 0.2) is 47.4 Å². The number of carbonyl (C=O) groups excluding carboxylic acids is 1. The maximum Gasteiger partial charge on any atom is 0.423 e. The molecule has 0 spiro atoms. The molecule has 0 aromatic heterocycles. The Kier molecular flexibility index (Phi) is 6.28. The number of hydrogen-bond acceptors (Lipinski definition) is 6. The van der Waals surface area contributed by atoms with E-state index in [1.807, 2.05) is 0 Å². The number of nitro groups is 1. The fraction of sp³-hybridized carbons (Fsp3) is 0.235. The third-order valence-electron chi connectivity index (χ3n) is 3.89. The highest BCUT2D eigenvalue weighted by atomic mass is 32.2. The first-order valence-electron chi connectivity index (χ1n) is 7.99. The van der Waals surface area contributed by atoms with E-state index in [9.17, 15) is 36.5 Å². The van der Waals surface area contributed by atoms with Gasteiger partial charge in [-0.3, -0.25) is 14.9 Å². The standard InChI is InChI=1S/C17H16F3N3O5S/c1-22(2)29(27,28)13-5-3-4-11(8-13)16(24)10-21-12-6-7-15(23(25)26)14(9-12)17(18,19)20/h3-9,21H,10H2,1-2H3. The van der Waals surface area contributed by atoms with Crippen molar-refractivity contribution in [3.63, 3.8) is 0 Å². The second-order valence-corrected chi connectivity index (χ2v) is 8.23. The summed E-state index contributed by atoms with van der Waals surface area (Å²) < 4.78 is 64.3. The van der Waals surface area contributed by atoms with Gasteiger partial charge >= 0.3 is 6.18 Å². The smallest absolute Gasteiger partial charge is 0.378 e. The van der Waals surface area contributed by atoms with E-state index in [1.54, 1.807) is 0 Å². The van der Waals surface area contributed by atoms with Crippen LogP contribution in [0, 0.1) is 10.1 Å². The maximum absolute atomic E-state index is 13.0. The number of nitro benzene ring substituents is 1. The van der Waals surface area contributed by atoms with Crippen LogP contribution in [-0.4, -0.2) is 44.1 Å². The summed E-state index contributed by atoms with van der Waals surface area (Å²) in [6, 6.07) is 7.50. The molecule has 2 rings (SSSR count). The van der Waals surface area contributed by atoms with Crippen molar-refractivity contribution >= 4 is 27.2 Å². The Balaban J connectivity index is 2.23. The predicted octanol–water partition coefficient (Wildman–Crippen LogP) is 3.16. The molecular weight excluding hydrogens is 415 g/mol. The molecule has 156 valence electrons. The van der Waals surface area contributed by atoms with Crippen LogP contribution in [0.5, 0.6) is 0 Å². The molecular formula is C17H16F3N3O5S. The van der Waals surface area contributed by atoms with Gasteiger partial charge in [-0.05, 0) is 24.3 Å². The minimum atomic E-state index is -4.95. The lowest BCUT2D eigenvalue weighted by Gasteiger charge is -2.13. The van der Waals surface area contributed by atoms with Crippen molar-refractivity contribution in [3.05, 3.63) is 63.7 Å². The summed E-state index contributed by atoms with van der Waals surface area (Å²) in [6.07, 6.45) is -4.95. The number of sulfonamides is 1. The Bertz CT molecular complexity index is 1050. The van der Waals surface area contributed by atoms with Crippen LogP contribution in [0.1, 0.15) is 15.9 Å². The lowest BCUT2D eigenvalue weighted by atomic mass is 10.1. The highest BCUT2D eigenvalue weighted by Crippen LogP contribution is 2.37. The fourth-order valence-corrected chi connectivity index (χ4v) is 3.31. The van der Waals surface area contributed by atoms with E-state index >= 15 is 0 Å². The summed E-state index contributed by atoms with van der Waals surface area (Å²) in [5.74, 6) is -0.576. The molecule has 0 aliphatic carbocycles. The molecule has 0 saturated carbocycles. The van der Waals surface area contributed by atoms with Gasteiger partial charge in [0.05, 0.1) is 16.4 Å². The second kappa shape index (κ2) is 8.17. The van der Waals surface area contributed by atoms with Gasteiger partial charge < -0.3 is 5.32 Å². The van der Waals surface area contributed by atoms with Crippen molar-refractivity contribution < 1.29 is 31.3 Å². The SMILES string of the molecule is CN(C)S(=O)(=O)c1cccc(C(=O)CNc2ccc([N+](=O)[O-])c(C(F)(F)F)c2)c1. The number of carbonyl (C=O) groups is 1. The molecule has 12 heteroatoms. The van der Waals surface area contributed by atoms with Crippen LogP contribution < -0.4 is 5.32 Å². The van der Waals surface area contributed by atoms with Crippen LogP contribution in [0.25, 0.3) is 0 Å². The number of rotatable bonds is 7. The Morgan fingerprint density at radius 3 is 2.38 bits per heavy atom. The van der Waals surface area contributed by atoms with Gasteiger partial charge in [0.15, 0.2) is 5.78 Å². The molecule has 2 aromatic carbocycles. The number of ketones is 1. The molecule has 0 aliphatic rings. The topological polar surface area (TPSA) is 110 Å². The number of alkyl halides is 3. The van der Waals surface area contributed by atoms with E-state index < -0.39 is 44.7 Å². The van der Waals surface area contributed by atoms with Gasteiger partial charge in [-0.25, -0.2) is 12.7 Å². The molecule has 0 unspecified atom stereocenters. The zero-order valence-corrected chi connectivity index (χ0v) is 16.0. The van der Waals surface area contributed by atoms with Crippen LogP contribution >= 0.6 is 0 Å². The summed E-state index contributed by atoms with van der Waals surface area (Å²) >= 11 is 0. The Hall–Kier alpha value is -2.99. The van der Waals surface area contributed by atoms with E-state index in [0.29, 0.717) is 12.1 Å². The number of Topliss-reactive ketones (excluding diaryl/α,β-unsaturated/α-hetero) is 1. The van der Waals surface area contributed by atoms with E-state index in [4.69, 9.17) is 0 Å². The highest BCUT2D eigenvalue weighted by molar-refractivity contribution is 7.89. The number of nitrogens with zero attached hydrogens (tertiary/aromatic N) is 2. The van der Waals surface area contributed by atoms with Crippen molar-refractivity contribution in [1.29, 1.82) is 0 Å². The quantitative estimate of drug-likeness (QED) is 0.410. The van der Waals surface area contributed by atoms with Gasteiger partial charge in [-0.15, -0.1) is 0 Å². The number of halogens is 3. The lowest BCUT2D eigenvalue weighted by molar-refractivity contribution is -0.388. The first-order valence-corrected chi connectivity index (χ1v) is 9.43. The molecule has 0 aliphatic heterocycles. The minimum Gasteiger partial charge on any atom is -0.378 e. The van der Waals surface area contributed by atoms with Crippen LogP contribution in [0.3, 0.4) is 0 Å². The van der Waals surface area contributed by atoms with Gasteiger partial charge in [0.1, 0.15) is 5.56 Å². The Morgan fingerprint density at radius 1 is 1.17 bits per heavy atom. The van der Waals surface area contributed by atoms with Gasteiger partial charge in [-0.1, -0.05) is 12.1 Å². The average Bonchev–Trinajstić information content (AvgIpc) is 2.65. The third-order valence-corrected chi connectivity index (χ3v) is 5.70. The minimum absolute atomic E-state index is 0.0402. The Labute approximate surface area is 164 Å². The molecule has 29 heavy (non-hydrogen) atoms. The Morgan fingerprint density at radius 2 is 1.83 bits per heavy atom. The average molecular weight is 431 g/mol. The molecule has 1 N–H and O–H groups in total. The van der Waals surface area contributed by atoms with Gasteiger partial charge in [-0.2, -0.15) is 13.2 Å². The predicted molar refractivity (Wildman–Crippen MR) is 98.2 cm³/mol. The van der Waals surface area contributed by atoms with Crippen molar-refractivity contribution in [2.45, 2.75) is 11.1 Å². The van der Waals surface area contributed by atoms with Crippen molar-refractivity contribution in [1.82, 2.24) is 4.31 Å². The second-order valence-electron chi connectivity index (χ2n) is 6.08. The first kappa shape index (κ1) is 22.3. The maximum atomic E-state index is 13.0. The number of anilines is 1. The molecule has 0 fully saturated rings.